The number of aryl methyl sites for hydroxylation is 1. The van der Waals surface area contributed by atoms with Crippen LogP contribution in [0.25, 0.3) is 0 Å². The van der Waals surface area contributed by atoms with Crippen molar-refractivity contribution in [3.05, 3.63) is 52.6 Å². The quantitative estimate of drug-likeness (QED) is 0.625. The summed E-state index contributed by atoms with van der Waals surface area (Å²) >= 11 is 6.01. The highest BCUT2D eigenvalue weighted by molar-refractivity contribution is 6.31. The third-order valence-corrected chi connectivity index (χ3v) is 7.11. The molecule has 10 heteroatoms. The number of likely N-dealkylation sites (N-methyl/N-ethyl adjacent to an activating group) is 1. The molecule has 0 spiro atoms. The third-order valence-electron chi connectivity index (χ3n) is 6.68. The van der Waals surface area contributed by atoms with Gasteiger partial charge in [0.1, 0.15) is 17.1 Å². The number of hydrogen-bond acceptors (Lipinski definition) is 5. The second-order valence-corrected chi connectivity index (χ2v) is 9.03. The van der Waals surface area contributed by atoms with Gasteiger partial charge in [-0.3, -0.25) is 14.6 Å². The van der Waals surface area contributed by atoms with Crippen LogP contribution < -0.4 is 4.74 Å². The van der Waals surface area contributed by atoms with Crippen LogP contribution in [0, 0.1) is 6.92 Å². The van der Waals surface area contributed by atoms with Crippen LogP contribution in [0.2, 0.25) is 5.02 Å². The Hall–Kier alpha value is -2.81. The molecule has 0 radical (unpaired) electrons. The van der Waals surface area contributed by atoms with Gasteiger partial charge in [-0.05, 0) is 49.9 Å². The maximum absolute atomic E-state index is 12.7. The summed E-state index contributed by atoms with van der Waals surface area (Å²) in [7, 11) is 3.42. The van der Waals surface area contributed by atoms with Crippen LogP contribution in [0.1, 0.15) is 47.4 Å². The maximum atomic E-state index is 12.7. The zero-order chi connectivity index (χ0) is 23.3. The molecule has 2 amide bonds. The number of nitrogens with zero attached hydrogens (tertiary/aromatic N) is 4. The Morgan fingerprint density at radius 2 is 1.78 bits per heavy atom. The minimum Gasteiger partial charge on any atom is -0.484 e. The number of alkyl halides is 2. The number of amides is 2. The Balaban J connectivity index is 1.32. The minimum atomic E-state index is -2.73. The van der Waals surface area contributed by atoms with Gasteiger partial charge in [0.15, 0.2) is 6.61 Å². The highest BCUT2D eigenvalue weighted by Crippen LogP contribution is 2.66. The van der Waals surface area contributed by atoms with Gasteiger partial charge in [0.25, 0.3) is 18.2 Å². The van der Waals surface area contributed by atoms with Gasteiger partial charge >= 0.3 is 0 Å². The van der Waals surface area contributed by atoms with Crippen molar-refractivity contribution in [1.82, 2.24) is 19.8 Å². The molecule has 3 fully saturated rings. The van der Waals surface area contributed by atoms with E-state index in [4.69, 9.17) is 16.3 Å². The number of aromatic nitrogens is 2. The van der Waals surface area contributed by atoms with Gasteiger partial charge in [0.05, 0.1) is 12.4 Å². The first-order valence-electron chi connectivity index (χ1n) is 10.1. The monoisotopic (exact) mass is 464 g/mol. The first-order valence-corrected chi connectivity index (χ1v) is 10.5. The molecule has 3 aliphatic carbocycles. The van der Waals surface area contributed by atoms with Crippen molar-refractivity contribution in [3.8, 4) is 5.75 Å². The van der Waals surface area contributed by atoms with Crippen LogP contribution in [0.4, 0.5) is 8.78 Å². The Morgan fingerprint density at radius 1 is 1.12 bits per heavy atom. The van der Waals surface area contributed by atoms with Crippen molar-refractivity contribution in [2.45, 2.75) is 43.7 Å². The summed E-state index contributed by atoms with van der Waals surface area (Å²) in [6.07, 6.45) is 1.20. The van der Waals surface area contributed by atoms with E-state index < -0.39 is 12.1 Å². The van der Waals surface area contributed by atoms with Crippen molar-refractivity contribution in [2.75, 3.05) is 20.7 Å². The Labute approximate surface area is 189 Å². The molecule has 2 bridgehead atoms. The van der Waals surface area contributed by atoms with E-state index in [-0.39, 0.29) is 35.2 Å². The van der Waals surface area contributed by atoms with E-state index in [0.717, 1.165) is 18.0 Å². The number of halogens is 3. The lowest BCUT2D eigenvalue weighted by molar-refractivity contribution is -0.210. The van der Waals surface area contributed by atoms with E-state index in [1.807, 2.05) is 6.92 Å². The van der Waals surface area contributed by atoms with Crippen LogP contribution >= 0.6 is 11.6 Å². The SMILES string of the molecule is Cc1cc(OCC(=O)N(C)C23CC(N(C)C(=O)c4cnc(C(F)F)cn4)(C2)C3)ccc1Cl. The Morgan fingerprint density at radius 3 is 2.34 bits per heavy atom. The van der Waals surface area contributed by atoms with Gasteiger partial charge < -0.3 is 14.5 Å². The largest absolute Gasteiger partial charge is 0.484 e. The number of carbonyl (C=O) groups excluding carboxylic acids is 2. The number of hydrogen-bond donors (Lipinski definition) is 0. The molecule has 0 atom stereocenters. The average Bonchev–Trinajstić information content (AvgIpc) is 2.71. The zero-order valence-electron chi connectivity index (χ0n) is 17.9. The predicted molar refractivity (Wildman–Crippen MR) is 113 cm³/mol. The number of ether oxygens (including phenoxy) is 1. The standard InChI is InChI=1S/C22H23ClF2N4O3/c1-13-6-14(4-5-15(13)23)32-9-18(30)28(2)21-10-22(11-21,12-21)29(3)20(31)17-8-26-16(7-27-17)19(24)25/h4-8,19H,9-12H2,1-3H3. The second kappa shape index (κ2) is 7.95. The van der Waals surface area contributed by atoms with Crippen LogP contribution in [-0.4, -0.2) is 63.4 Å². The number of rotatable bonds is 7. The third kappa shape index (κ3) is 3.68. The van der Waals surface area contributed by atoms with E-state index >= 15 is 0 Å². The molecule has 3 saturated carbocycles. The fraction of sp³-hybridized carbons (Fsp3) is 0.455. The summed E-state index contributed by atoms with van der Waals surface area (Å²) in [6.45, 7) is 1.77. The predicted octanol–water partition coefficient (Wildman–Crippen LogP) is 3.66. The average molecular weight is 465 g/mol. The normalized spacial score (nSPS) is 23.2. The second-order valence-electron chi connectivity index (χ2n) is 8.62. The van der Waals surface area contributed by atoms with Crippen LogP contribution in [0.15, 0.2) is 30.6 Å². The molecule has 1 aromatic heterocycles. The van der Waals surface area contributed by atoms with E-state index in [1.165, 1.54) is 0 Å². The molecule has 0 saturated heterocycles. The summed E-state index contributed by atoms with van der Waals surface area (Å²) in [4.78, 5) is 36.1. The molecule has 0 N–H and O–H groups in total. The molecule has 5 rings (SSSR count). The first-order chi connectivity index (χ1) is 15.1. The molecule has 32 heavy (non-hydrogen) atoms. The summed E-state index contributed by atoms with van der Waals surface area (Å²) in [5.41, 5.74) is -0.233. The minimum absolute atomic E-state index is 0.0202. The van der Waals surface area contributed by atoms with Crippen molar-refractivity contribution >= 4 is 23.4 Å². The van der Waals surface area contributed by atoms with Gasteiger partial charge in [0, 0.05) is 30.2 Å². The molecular formula is C22H23ClF2N4O3. The lowest BCUT2D eigenvalue weighted by Gasteiger charge is -2.75. The summed E-state index contributed by atoms with van der Waals surface area (Å²) in [5, 5.41) is 0.634. The molecule has 0 aliphatic heterocycles. The highest BCUT2D eigenvalue weighted by Gasteiger charge is 2.73. The molecule has 0 unspecified atom stereocenters. The zero-order valence-corrected chi connectivity index (χ0v) is 18.7. The van der Waals surface area contributed by atoms with E-state index in [2.05, 4.69) is 9.97 Å². The maximum Gasteiger partial charge on any atom is 0.281 e. The van der Waals surface area contributed by atoms with Crippen molar-refractivity contribution < 1.29 is 23.1 Å². The fourth-order valence-electron chi connectivity index (χ4n) is 4.56. The van der Waals surface area contributed by atoms with Crippen LogP contribution in [0.3, 0.4) is 0 Å². The van der Waals surface area contributed by atoms with Crippen molar-refractivity contribution in [2.24, 2.45) is 0 Å². The van der Waals surface area contributed by atoms with Gasteiger partial charge in [-0.15, -0.1) is 0 Å². The topological polar surface area (TPSA) is 75.6 Å². The van der Waals surface area contributed by atoms with Gasteiger partial charge in [0.2, 0.25) is 0 Å². The van der Waals surface area contributed by atoms with E-state index in [0.29, 0.717) is 30.0 Å². The molecule has 1 aromatic carbocycles. The van der Waals surface area contributed by atoms with Crippen molar-refractivity contribution in [3.63, 3.8) is 0 Å². The fourth-order valence-corrected chi connectivity index (χ4v) is 4.67. The van der Waals surface area contributed by atoms with Gasteiger partial charge in [-0.1, -0.05) is 11.6 Å². The van der Waals surface area contributed by atoms with E-state index in [9.17, 15) is 18.4 Å². The molecule has 1 heterocycles. The Bertz CT molecular complexity index is 1040. The lowest BCUT2D eigenvalue weighted by Crippen LogP contribution is -2.83. The molecular weight excluding hydrogens is 442 g/mol. The van der Waals surface area contributed by atoms with Crippen LogP contribution in [-0.2, 0) is 4.79 Å². The molecule has 7 nitrogen and oxygen atoms in total. The smallest absolute Gasteiger partial charge is 0.281 e. The van der Waals surface area contributed by atoms with Crippen LogP contribution in [0.5, 0.6) is 5.75 Å². The van der Waals surface area contributed by atoms with E-state index in [1.54, 1.807) is 42.1 Å². The molecule has 170 valence electrons. The Kier molecular flexibility index (Phi) is 5.56. The van der Waals surface area contributed by atoms with Gasteiger partial charge in [-0.2, -0.15) is 0 Å². The number of carbonyl (C=O) groups is 2. The summed E-state index contributed by atoms with van der Waals surface area (Å²) in [6, 6.07) is 5.22. The van der Waals surface area contributed by atoms with Crippen molar-refractivity contribution in [1.29, 1.82) is 0 Å². The summed E-state index contributed by atoms with van der Waals surface area (Å²) < 4.78 is 30.9. The molecule has 3 aliphatic rings. The highest BCUT2D eigenvalue weighted by atomic mass is 35.5. The lowest BCUT2D eigenvalue weighted by atomic mass is 9.42. The number of benzene rings is 1. The molecule has 2 aromatic rings. The summed E-state index contributed by atoms with van der Waals surface area (Å²) in [5.74, 6) is 0.0578. The van der Waals surface area contributed by atoms with Gasteiger partial charge in [-0.25, -0.2) is 13.8 Å². The first kappa shape index (κ1) is 22.4.